The van der Waals surface area contributed by atoms with E-state index in [4.69, 9.17) is 11.6 Å². The summed E-state index contributed by atoms with van der Waals surface area (Å²) in [7, 11) is 3.17. The van der Waals surface area contributed by atoms with Gasteiger partial charge in [-0.15, -0.1) is 0 Å². The van der Waals surface area contributed by atoms with Crippen LogP contribution in [0.25, 0.3) is 10.8 Å². The number of fused-ring (bicyclic) bond motifs is 1. The van der Waals surface area contributed by atoms with Crippen molar-refractivity contribution < 1.29 is 4.39 Å². The van der Waals surface area contributed by atoms with Gasteiger partial charge in [0.15, 0.2) is 5.82 Å². The van der Waals surface area contributed by atoms with Crippen molar-refractivity contribution in [1.82, 2.24) is 19.2 Å². The number of anilines is 1. The molecule has 33 heavy (non-hydrogen) atoms. The maximum absolute atomic E-state index is 14.0. The molecule has 1 aliphatic heterocycles. The van der Waals surface area contributed by atoms with Crippen LogP contribution in [-0.2, 0) is 20.5 Å². The molecule has 1 aromatic carbocycles. The third-order valence-corrected chi connectivity index (χ3v) is 7.46. The van der Waals surface area contributed by atoms with Crippen LogP contribution in [0.5, 0.6) is 0 Å². The van der Waals surface area contributed by atoms with E-state index in [1.807, 2.05) is 12.1 Å². The maximum Gasteiger partial charge on any atom is 0.275 e. The fourth-order valence-corrected chi connectivity index (χ4v) is 5.80. The lowest BCUT2D eigenvalue weighted by Gasteiger charge is -2.59. The molecule has 3 heterocycles. The first-order valence-electron chi connectivity index (χ1n) is 11.2. The largest absolute Gasteiger partial charge is 0.381 e. The van der Waals surface area contributed by atoms with Crippen molar-refractivity contribution in [3.63, 3.8) is 0 Å². The third-order valence-electron chi connectivity index (χ3n) is 7.15. The van der Waals surface area contributed by atoms with Gasteiger partial charge >= 0.3 is 0 Å². The summed E-state index contributed by atoms with van der Waals surface area (Å²) in [6.45, 7) is 3.52. The molecular weight excluding hydrogens is 445 g/mol. The Morgan fingerprint density at radius 1 is 1.24 bits per heavy atom. The molecule has 1 saturated carbocycles. The lowest BCUT2D eigenvalue weighted by Crippen LogP contribution is -2.63. The molecule has 2 aromatic heterocycles. The van der Waals surface area contributed by atoms with Crippen LogP contribution in [0.4, 0.5) is 10.1 Å². The van der Waals surface area contributed by atoms with E-state index in [9.17, 15) is 14.0 Å². The minimum absolute atomic E-state index is 0.163. The molecule has 1 N–H and O–H groups in total. The van der Waals surface area contributed by atoms with Crippen LogP contribution in [0, 0.1) is 17.2 Å². The normalized spacial score (nSPS) is 17.8. The average molecular weight is 472 g/mol. The van der Waals surface area contributed by atoms with Gasteiger partial charge in [0.05, 0.1) is 22.3 Å². The molecule has 9 heteroatoms. The van der Waals surface area contributed by atoms with E-state index >= 15 is 0 Å². The van der Waals surface area contributed by atoms with Crippen LogP contribution in [0.3, 0.4) is 0 Å². The minimum atomic E-state index is -0.415. The molecule has 0 unspecified atom stereocenters. The molecule has 0 bridgehead atoms. The molecule has 1 spiro atoms. The number of hydrogen-bond acceptors (Lipinski definition) is 5. The number of aromatic nitrogens is 3. The second kappa shape index (κ2) is 8.25. The van der Waals surface area contributed by atoms with Gasteiger partial charge in [-0.1, -0.05) is 17.7 Å². The molecule has 1 saturated heterocycles. The standard InChI is InChI=1S/C24H27ClFN5O2/c1-29-12-19(26)20(8-21(29)32)27-5-6-31-13-24(14-31)9-15(10-24)7-16-3-4-18(25)22-17(16)11-28-30(2)23(22)33/h3-4,8,11-12,15,27H,5-7,9-10,13-14H2,1-2H3. The number of benzene rings is 1. The predicted octanol–water partition coefficient (Wildman–Crippen LogP) is 2.79. The zero-order valence-electron chi connectivity index (χ0n) is 18.8. The molecular formula is C24H27ClFN5O2. The van der Waals surface area contributed by atoms with Crippen molar-refractivity contribution in [2.75, 3.05) is 31.5 Å². The maximum atomic E-state index is 14.0. The molecule has 7 nitrogen and oxygen atoms in total. The minimum Gasteiger partial charge on any atom is -0.381 e. The van der Waals surface area contributed by atoms with Gasteiger partial charge < -0.3 is 14.8 Å². The average Bonchev–Trinajstić information content (AvgIpc) is 2.72. The SMILES string of the molecule is Cn1cc(F)c(NCCN2CC3(CC(Cc4ccc(Cl)c5c(=O)n(C)ncc45)C3)C2)cc1=O. The van der Waals surface area contributed by atoms with E-state index in [0.29, 0.717) is 28.3 Å². The summed E-state index contributed by atoms with van der Waals surface area (Å²) in [4.78, 5) is 26.5. The molecule has 0 amide bonds. The van der Waals surface area contributed by atoms with E-state index in [1.165, 1.54) is 41.4 Å². The molecule has 1 aliphatic carbocycles. The van der Waals surface area contributed by atoms with Gasteiger partial charge in [-0.2, -0.15) is 5.10 Å². The van der Waals surface area contributed by atoms with Crippen molar-refractivity contribution in [1.29, 1.82) is 0 Å². The summed E-state index contributed by atoms with van der Waals surface area (Å²) >= 11 is 6.30. The number of rotatable bonds is 6. The molecule has 5 rings (SSSR count). The fraction of sp³-hybridized carbons (Fsp3) is 0.458. The van der Waals surface area contributed by atoms with Gasteiger partial charge in [0, 0.05) is 57.9 Å². The van der Waals surface area contributed by atoms with E-state index in [1.54, 1.807) is 13.2 Å². The highest BCUT2D eigenvalue weighted by molar-refractivity contribution is 6.35. The lowest BCUT2D eigenvalue weighted by molar-refractivity contribution is -0.0915. The van der Waals surface area contributed by atoms with E-state index in [2.05, 4.69) is 15.3 Å². The smallest absolute Gasteiger partial charge is 0.275 e. The second-order valence-electron chi connectivity index (χ2n) is 9.67. The van der Waals surface area contributed by atoms with Crippen LogP contribution >= 0.6 is 11.6 Å². The highest BCUT2D eigenvalue weighted by Gasteiger charge is 2.51. The molecule has 174 valence electrons. The van der Waals surface area contributed by atoms with Gasteiger partial charge in [0.25, 0.3) is 11.1 Å². The quantitative estimate of drug-likeness (QED) is 0.598. The summed E-state index contributed by atoms with van der Waals surface area (Å²) in [6.07, 6.45) is 6.21. The summed E-state index contributed by atoms with van der Waals surface area (Å²) in [6, 6.07) is 5.14. The fourth-order valence-electron chi connectivity index (χ4n) is 5.56. The monoisotopic (exact) mass is 471 g/mol. The van der Waals surface area contributed by atoms with Gasteiger partial charge in [0.2, 0.25) is 0 Å². The zero-order valence-corrected chi connectivity index (χ0v) is 19.5. The number of hydrogen-bond donors (Lipinski definition) is 1. The van der Waals surface area contributed by atoms with Crippen LogP contribution in [0.1, 0.15) is 18.4 Å². The molecule has 0 radical (unpaired) electrons. The number of aryl methyl sites for hydroxylation is 2. The topological polar surface area (TPSA) is 72.2 Å². The first kappa shape index (κ1) is 22.1. The molecule has 0 atom stereocenters. The van der Waals surface area contributed by atoms with Gasteiger partial charge in [-0.05, 0) is 42.2 Å². The Balaban J connectivity index is 1.13. The van der Waals surface area contributed by atoms with Crippen molar-refractivity contribution in [3.05, 3.63) is 67.7 Å². The van der Waals surface area contributed by atoms with Gasteiger partial charge in [0.1, 0.15) is 0 Å². The lowest BCUT2D eigenvalue weighted by atomic mass is 9.56. The first-order valence-corrected chi connectivity index (χ1v) is 11.6. The van der Waals surface area contributed by atoms with Crippen molar-refractivity contribution >= 4 is 28.1 Å². The first-order chi connectivity index (χ1) is 15.7. The van der Waals surface area contributed by atoms with Crippen LogP contribution in [0.2, 0.25) is 5.02 Å². The highest BCUT2D eigenvalue weighted by atomic mass is 35.5. The van der Waals surface area contributed by atoms with Crippen molar-refractivity contribution in [2.45, 2.75) is 19.3 Å². The highest BCUT2D eigenvalue weighted by Crippen LogP contribution is 2.53. The van der Waals surface area contributed by atoms with E-state index in [0.717, 1.165) is 37.0 Å². The Morgan fingerprint density at radius 3 is 2.76 bits per heavy atom. The van der Waals surface area contributed by atoms with Crippen LogP contribution in [0.15, 0.2) is 40.2 Å². The summed E-state index contributed by atoms with van der Waals surface area (Å²) in [5.41, 5.74) is 1.39. The Morgan fingerprint density at radius 2 is 2.00 bits per heavy atom. The second-order valence-corrected chi connectivity index (χ2v) is 10.1. The van der Waals surface area contributed by atoms with Crippen molar-refractivity contribution in [2.24, 2.45) is 25.4 Å². The molecule has 2 aliphatic rings. The summed E-state index contributed by atoms with van der Waals surface area (Å²) in [5, 5.41) is 9.10. The summed E-state index contributed by atoms with van der Waals surface area (Å²) < 4.78 is 16.5. The van der Waals surface area contributed by atoms with Crippen molar-refractivity contribution in [3.8, 4) is 0 Å². The zero-order chi connectivity index (χ0) is 23.3. The van der Waals surface area contributed by atoms with E-state index < -0.39 is 5.82 Å². The third kappa shape index (κ3) is 4.06. The van der Waals surface area contributed by atoms with Crippen LogP contribution in [-0.4, -0.2) is 45.4 Å². The van der Waals surface area contributed by atoms with E-state index in [-0.39, 0.29) is 16.8 Å². The van der Waals surface area contributed by atoms with Crippen LogP contribution < -0.4 is 16.4 Å². The number of halogens is 2. The predicted molar refractivity (Wildman–Crippen MR) is 127 cm³/mol. The Hall–Kier alpha value is -2.71. The number of nitrogens with one attached hydrogen (secondary N) is 1. The molecule has 3 aromatic rings. The summed E-state index contributed by atoms with van der Waals surface area (Å²) in [5.74, 6) is 0.176. The van der Waals surface area contributed by atoms with Gasteiger partial charge in [-0.3, -0.25) is 9.59 Å². The Kier molecular flexibility index (Phi) is 5.53. The number of nitrogens with zero attached hydrogens (tertiary/aromatic N) is 4. The number of likely N-dealkylation sites (tertiary alicyclic amines) is 1. The number of pyridine rings is 1. The molecule has 2 fully saturated rings. The Bertz CT molecular complexity index is 1340. The Labute approximate surface area is 195 Å². The van der Waals surface area contributed by atoms with Gasteiger partial charge in [-0.25, -0.2) is 9.07 Å².